The van der Waals surface area contributed by atoms with Gasteiger partial charge in [0.2, 0.25) is 0 Å². The molecule has 0 atom stereocenters. The summed E-state index contributed by atoms with van der Waals surface area (Å²) in [6.07, 6.45) is 5.09. The molecule has 0 N–H and O–H groups in total. The molecule has 1 aliphatic carbocycles. The molecule has 0 aromatic heterocycles. The first-order valence-corrected chi connectivity index (χ1v) is 8.22. The lowest BCUT2D eigenvalue weighted by Crippen LogP contribution is -2.13. The van der Waals surface area contributed by atoms with E-state index in [1.54, 1.807) is 7.11 Å². The monoisotopic (exact) mass is 358 g/mol. The minimum Gasteiger partial charge on any atom is -0.496 e. The Hall–Kier alpha value is -1.81. The maximum Gasteiger partial charge on any atom is 0.150 e. The number of aldehydes is 1. The van der Waals surface area contributed by atoms with Crippen molar-refractivity contribution in [3.8, 4) is 11.5 Å². The molecule has 2 aromatic rings. The van der Waals surface area contributed by atoms with Crippen LogP contribution in [0.4, 0.5) is 0 Å². The molecule has 1 aliphatic heterocycles. The van der Waals surface area contributed by atoms with Crippen LogP contribution in [-0.2, 0) is 0 Å². The molecule has 0 unspecified atom stereocenters. The number of hydrogen-bond donors (Lipinski definition) is 0. The lowest BCUT2D eigenvalue weighted by molar-refractivity contribution is 0.112. The second-order valence-corrected chi connectivity index (χ2v) is 6.53. The van der Waals surface area contributed by atoms with E-state index >= 15 is 0 Å². The number of methoxy groups -OCH3 is 1. The summed E-state index contributed by atoms with van der Waals surface area (Å²) in [5.41, 5.74) is 2.90. The predicted octanol–water partition coefficient (Wildman–Crippen LogP) is 5.10. The van der Waals surface area contributed by atoms with E-state index in [9.17, 15) is 4.79 Å². The molecular formula is C18H15BrO3. The van der Waals surface area contributed by atoms with Gasteiger partial charge in [0.05, 0.1) is 11.6 Å². The Labute approximate surface area is 137 Å². The van der Waals surface area contributed by atoms with Crippen LogP contribution in [0.2, 0.25) is 0 Å². The van der Waals surface area contributed by atoms with Crippen LogP contribution in [0.25, 0.3) is 16.3 Å². The number of hydrogen-bond acceptors (Lipinski definition) is 3. The standard InChI is InChI=1S/C18H15BrO3/c1-21-15-8-10(9-20)16-11-4-2-3-5-14(11)22-18-13(19)7-6-12(15)17(16)18/h6-9H,2-5H2,1H3. The van der Waals surface area contributed by atoms with E-state index in [1.807, 2.05) is 18.2 Å². The minimum atomic E-state index is 0.682. The van der Waals surface area contributed by atoms with Crippen molar-refractivity contribution in [1.82, 2.24) is 0 Å². The van der Waals surface area contributed by atoms with Crippen LogP contribution in [0.5, 0.6) is 11.5 Å². The fourth-order valence-corrected chi connectivity index (χ4v) is 3.92. The average Bonchev–Trinajstić information content (AvgIpc) is 2.57. The third-order valence-corrected chi connectivity index (χ3v) is 5.12. The third-order valence-electron chi connectivity index (χ3n) is 4.49. The van der Waals surface area contributed by atoms with Gasteiger partial charge < -0.3 is 9.47 Å². The van der Waals surface area contributed by atoms with E-state index in [0.29, 0.717) is 11.3 Å². The van der Waals surface area contributed by atoms with Crippen molar-refractivity contribution in [2.24, 2.45) is 0 Å². The van der Waals surface area contributed by atoms with Crippen LogP contribution in [0.15, 0.2) is 28.4 Å². The number of allylic oxidation sites excluding steroid dienone is 2. The van der Waals surface area contributed by atoms with Gasteiger partial charge in [-0.05, 0) is 59.0 Å². The van der Waals surface area contributed by atoms with E-state index in [-0.39, 0.29) is 0 Å². The first-order valence-electron chi connectivity index (χ1n) is 7.43. The summed E-state index contributed by atoms with van der Waals surface area (Å²) in [6, 6.07) is 5.82. The first-order chi connectivity index (χ1) is 10.7. The van der Waals surface area contributed by atoms with Crippen LogP contribution < -0.4 is 9.47 Å². The number of fused-ring (bicyclic) bond motifs is 1. The molecule has 112 valence electrons. The summed E-state index contributed by atoms with van der Waals surface area (Å²) in [6.45, 7) is 0. The van der Waals surface area contributed by atoms with E-state index in [1.165, 1.54) is 5.57 Å². The Kier molecular flexibility index (Phi) is 3.22. The number of benzene rings is 2. The molecule has 4 rings (SSSR count). The second kappa shape index (κ2) is 5.13. The zero-order valence-corrected chi connectivity index (χ0v) is 13.8. The van der Waals surface area contributed by atoms with Gasteiger partial charge in [-0.1, -0.05) is 0 Å². The average molecular weight is 359 g/mol. The molecule has 0 spiro atoms. The highest BCUT2D eigenvalue weighted by Crippen LogP contribution is 2.50. The number of carbonyl (C=O) groups excluding carboxylic acids is 1. The van der Waals surface area contributed by atoms with Gasteiger partial charge >= 0.3 is 0 Å². The molecule has 22 heavy (non-hydrogen) atoms. The molecule has 0 saturated carbocycles. The van der Waals surface area contributed by atoms with Crippen molar-refractivity contribution in [2.45, 2.75) is 25.7 Å². The van der Waals surface area contributed by atoms with Crippen molar-refractivity contribution in [3.05, 3.63) is 39.6 Å². The van der Waals surface area contributed by atoms with Crippen molar-refractivity contribution < 1.29 is 14.3 Å². The molecule has 0 saturated heterocycles. The molecule has 4 heteroatoms. The van der Waals surface area contributed by atoms with Gasteiger partial charge in [-0.2, -0.15) is 0 Å². The Morgan fingerprint density at radius 1 is 1.27 bits per heavy atom. The normalized spacial score (nSPS) is 16.3. The van der Waals surface area contributed by atoms with Crippen LogP contribution >= 0.6 is 15.9 Å². The van der Waals surface area contributed by atoms with Crippen LogP contribution in [-0.4, -0.2) is 13.4 Å². The largest absolute Gasteiger partial charge is 0.496 e. The van der Waals surface area contributed by atoms with E-state index < -0.39 is 0 Å². The molecule has 0 amide bonds. The van der Waals surface area contributed by atoms with Crippen LogP contribution in [0.3, 0.4) is 0 Å². The highest BCUT2D eigenvalue weighted by molar-refractivity contribution is 9.10. The SMILES string of the molecule is COc1cc(C=O)c2c3c(c(Br)ccc13)OC1=C2CCCC1. The molecule has 2 aromatic carbocycles. The highest BCUT2D eigenvalue weighted by Gasteiger charge is 2.29. The predicted molar refractivity (Wildman–Crippen MR) is 89.6 cm³/mol. The Morgan fingerprint density at radius 3 is 2.86 bits per heavy atom. The Bertz CT molecular complexity index is 836. The van der Waals surface area contributed by atoms with Crippen LogP contribution in [0.1, 0.15) is 41.6 Å². The van der Waals surface area contributed by atoms with Crippen molar-refractivity contribution >= 4 is 38.6 Å². The molecular weight excluding hydrogens is 344 g/mol. The molecule has 0 fully saturated rings. The van der Waals surface area contributed by atoms with Gasteiger partial charge in [0, 0.05) is 28.3 Å². The molecule has 0 radical (unpaired) electrons. The topological polar surface area (TPSA) is 35.5 Å². The summed E-state index contributed by atoms with van der Waals surface area (Å²) < 4.78 is 12.6. The van der Waals surface area contributed by atoms with E-state index in [2.05, 4.69) is 15.9 Å². The first kappa shape index (κ1) is 13.8. The highest BCUT2D eigenvalue weighted by atomic mass is 79.9. The summed E-state index contributed by atoms with van der Waals surface area (Å²) in [4.78, 5) is 11.7. The fraction of sp³-hybridized carbons (Fsp3) is 0.278. The van der Waals surface area contributed by atoms with E-state index in [4.69, 9.17) is 9.47 Å². The van der Waals surface area contributed by atoms with E-state index in [0.717, 1.165) is 64.3 Å². The van der Waals surface area contributed by atoms with Gasteiger partial charge in [-0.3, -0.25) is 4.79 Å². The molecule has 0 bridgehead atoms. The fourth-order valence-electron chi connectivity index (χ4n) is 3.51. The quantitative estimate of drug-likeness (QED) is 0.700. The Morgan fingerprint density at radius 2 is 2.09 bits per heavy atom. The third kappa shape index (κ3) is 1.83. The van der Waals surface area contributed by atoms with Crippen molar-refractivity contribution in [3.63, 3.8) is 0 Å². The minimum absolute atomic E-state index is 0.682. The van der Waals surface area contributed by atoms with Gasteiger partial charge in [-0.15, -0.1) is 0 Å². The number of halogens is 1. The van der Waals surface area contributed by atoms with Crippen molar-refractivity contribution in [2.75, 3.05) is 7.11 Å². The molecule has 3 nitrogen and oxygen atoms in total. The summed E-state index contributed by atoms with van der Waals surface area (Å²) in [5, 5.41) is 1.97. The van der Waals surface area contributed by atoms with Crippen molar-refractivity contribution in [1.29, 1.82) is 0 Å². The maximum atomic E-state index is 11.7. The molecule has 2 aliphatic rings. The zero-order chi connectivity index (χ0) is 15.3. The smallest absolute Gasteiger partial charge is 0.150 e. The molecule has 1 heterocycles. The lowest BCUT2D eigenvalue weighted by Gasteiger charge is -2.29. The van der Waals surface area contributed by atoms with Gasteiger partial charge in [0.25, 0.3) is 0 Å². The van der Waals surface area contributed by atoms with Crippen LogP contribution in [0, 0.1) is 0 Å². The Balaban J connectivity index is 2.18. The van der Waals surface area contributed by atoms with Gasteiger partial charge in [-0.25, -0.2) is 0 Å². The summed E-state index contributed by atoms with van der Waals surface area (Å²) >= 11 is 3.58. The lowest BCUT2D eigenvalue weighted by atomic mass is 9.84. The summed E-state index contributed by atoms with van der Waals surface area (Å²) in [7, 11) is 1.63. The van der Waals surface area contributed by atoms with Gasteiger partial charge in [0.1, 0.15) is 17.3 Å². The zero-order valence-electron chi connectivity index (χ0n) is 12.2. The van der Waals surface area contributed by atoms with Gasteiger partial charge in [0.15, 0.2) is 6.29 Å². The number of carbonyl (C=O) groups is 1. The maximum absolute atomic E-state index is 11.7. The number of ether oxygens (including phenoxy) is 2. The summed E-state index contributed by atoms with van der Waals surface area (Å²) in [5.74, 6) is 2.52. The number of rotatable bonds is 2. The second-order valence-electron chi connectivity index (χ2n) is 5.67.